The number of halogens is 1. The smallest absolute Gasteiger partial charge is 0.349 e. The fourth-order valence-electron chi connectivity index (χ4n) is 1.41. The Bertz CT molecular complexity index is 728. The molecular formula is C11H9ClN2O4S2. The Morgan fingerprint density at radius 3 is 2.85 bits per heavy atom. The summed E-state index contributed by atoms with van der Waals surface area (Å²) in [7, 11) is -2.78. The van der Waals surface area contributed by atoms with Gasteiger partial charge >= 0.3 is 5.97 Å². The zero-order valence-electron chi connectivity index (χ0n) is 10.2. The molecule has 0 saturated carbocycles. The molecule has 0 unspecified atom stereocenters. The van der Waals surface area contributed by atoms with Gasteiger partial charge in [0.05, 0.1) is 23.3 Å². The number of hydrogen-bond donors (Lipinski definition) is 1. The van der Waals surface area contributed by atoms with E-state index in [0.717, 1.165) is 11.3 Å². The molecule has 1 N–H and O–H groups in total. The summed E-state index contributed by atoms with van der Waals surface area (Å²) in [6, 6.07) is 4.33. The molecule has 2 heterocycles. The van der Waals surface area contributed by atoms with Crippen LogP contribution in [0.25, 0.3) is 0 Å². The number of nitrogens with zero attached hydrogens (tertiary/aromatic N) is 1. The average molecular weight is 333 g/mol. The third-order valence-electron chi connectivity index (χ3n) is 2.24. The van der Waals surface area contributed by atoms with Crippen LogP contribution in [0.2, 0.25) is 4.34 Å². The average Bonchev–Trinajstić information content (AvgIpc) is 2.81. The van der Waals surface area contributed by atoms with Gasteiger partial charge in [0, 0.05) is 6.20 Å². The molecule has 6 nitrogen and oxygen atoms in total. The number of carbonyl (C=O) groups is 1. The van der Waals surface area contributed by atoms with Crippen LogP contribution in [-0.2, 0) is 14.8 Å². The van der Waals surface area contributed by atoms with Crippen molar-refractivity contribution in [1.29, 1.82) is 0 Å². The molecule has 20 heavy (non-hydrogen) atoms. The van der Waals surface area contributed by atoms with Crippen molar-refractivity contribution in [2.45, 2.75) is 4.90 Å². The quantitative estimate of drug-likeness (QED) is 0.869. The maximum Gasteiger partial charge on any atom is 0.349 e. The number of ether oxygens (including phenoxy) is 1. The van der Waals surface area contributed by atoms with Crippen LogP contribution in [0.4, 0.5) is 5.69 Å². The van der Waals surface area contributed by atoms with E-state index in [-0.39, 0.29) is 19.8 Å². The summed E-state index contributed by atoms with van der Waals surface area (Å²) in [5, 5.41) is 0. The van der Waals surface area contributed by atoms with E-state index < -0.39 is 16.0 Å². The van der Waals surface area contributed by atoms with Gasteiger partial charge in [0.25, 0.3) is 10.0 Å². The largest absolute Gasteiger partial charge is 0.465 e. The summed E-state index contributed by atoms with van der Waals surface area (Å²) in [5.41, 5.74) is 0.283. The van der Waals surface area contributed by atoms with Crippen molar-refractivity contribution in [1.82, 2.24) is 4.98 Å². The number of hydrogen-bond acceptors (Lipinski definition) is 6. The van der Waals surface area contributed by atoms with Gasteiger partial charge in [0.15, 0.2) is 0 Å². The van der Waals surface area contributed by atoms with E-state index in [2.05, 4.69) is 14.4 Å². The molecule has 0 amide bonds. The molecule has 106 valence electrons. The van der Waals surface area contributed by atoms with E-state index >= 15 is 0 Å². The highest BCUT2D eigenvalue weighted by Gasteiger charge is 2.26. The van der Waals surface area contributed by atoms with Gasteiger partial charge < -0.3 is 4.74 Å². The molecule has 0 fully saturated rings. The first kappa shape index (κ1) is 14.8. The Hall–Kier alpha value is -1.64. The highest BCUT2D eigenvalue weighted by Crippen LogP contribution is 2.31. The number of rotatable bonds is 4. The zero-order valence-corrected chi connectivity index (χ0v) is 12.6. The second kappa shape index (κ2) is 5.78. The van der Waals surface area contributed by atoms with Gasteiger partial charge in [0.1, 0.15) is 9.77 Å². The lowest BCUT2D eigenvalue weighted by Crippen LogP contribution is -2.15. The monoisotopic (exact) mass is 332 g/mol. The molecule has 2 rings (SSSR count). The number of thiophene rings is 1. The molecule has 2 aromatic heterocycles. The minimum absolute atomic E-state index is 0.0751. The van der Waals surface area contributed by atoms with Crippen molar-refractivity contribution < 1.29 is 17.9 Å². The lowest BCUT2D eigenvalue weighted by atomic mass is 10.4. The van der Waals surface area contributed by atoms with E-state index in [4.69, 9.17) is 11.6 Å². The Balaban J connectivity index is 2.42. The van der Waals surface area contributed by atoms with Gasteiger partial charge in [-0.1, -0.05) is 11.6 Å². The van der Waals surface area contributed by atoms with Gasteiger partial charge in [-0.05, 0) is 18.2 Å². The summed E-state index contributed by atoms with van der Waals surface area (Å²) < 4.78 is 31.6. The summed E-state index contributed by atoms with van der Waals surface area (Å²) in [5.74, 6) is -0.756. The minimum Gasteiger partial charge on any atom is -0.465 e. The second-order valence-electron chi connectivity index (χ2n) is 3.58. The molecule has 0 saturated heterocycles. The van der Waals surface area contributed by atoms with Crippen molar-refractivity contribution in [2.75, 3.05) is 11.8 Å². The lowest BCUT2D eigenvalue weighted by Gasteiger charge is -2.07. The molecule has 0 atom stereocenters. The molecule has 0 aliphatic rings. The third kappa shape index (κ3) is 3.09. The van der Waals surface area contributed by atoms with E-state index in [1.165, 1.54) is 31.6 Å². The molecule has 2 aromatic rings. The zero-order chi connectivity index (χ0) is 14.8. The van der Waals surface area contributed by atoms with Crippen LogP contribution >= 0.6 is 22.9 Å². The van der Waals surface area contributed by atoms with Crippen molar-refractivity contribution in [3.63, 3.8) is 0 Å². The number of carbonyl (C=O) groups excluding carboxylic acids is 1. The van der Waals surface area contributed by atoms with Gasteiger partial charge in [-0.25, -0.2) is 13.2 Å². The summed E-state index contributed by atoms with van der Waals surface area (Å²) in [6.45, 7) is 0. The van der Waals surface area contributed by atoms with E-state index in [9.17, 15) is 13.2 Å². The fourth-order valence-corrected chi connectivity index (χ4v) is 4.19. The maximum absolute atomic E-state index is 12.3. The summed E-state index contributed by atoms with van der Waals surface area (Å²) in [4.78, 5) is 15.1. The number of pyridine rings is 1. The Labute approximate surface area is 124 Å². The van der Waals surface area contributed by atoms with Crippen LogP contribution < -0.4 is 4.72 Å². The molecule has 0 bridgehead atoms. The molecule has 0 aromatic carbocycles. The predicted octanol–water partition coefficient (Wildman–Crippen LogP) is 2.38. The molecule has 9 heteroatoms. The predicted molar refractivity (Wildman–Crippen MR) is 75.7 cm³/mol. The number of aromatic nitrogens is 1. The number of anilines is 1. The number of esters is 1. The van der Waals surface area contributed by atoms with Crippen LogP contribution in [0.3, 0.4) is 0 Å². The minimum atomic E-state index is -3.94. The van der Waals surface area contributed by atoms with Gasteiger partial charge in [-0.2, -0.15) is 0 Å². The molecule has 0 radical (unpaired) electrons. The van der Waals surface area contributed by atoms with Gasteiger partial charge in [0.2, 0.25) is 0 Å². The SMILES string of the molecule is COC(=O)c1sc(Cl)cc1S(=O)(=O)Nc1cccnc1. The Morgan fingerprint density at radius 2 is 2.25 bits per heavy atom. The van der Waals surface area contributed by atoms with Crippen molar-refractivity contribution in [2.24, 2.45) is 0 Å². The standard InChI is InChI=1S/C11H9ClN2O4S2/c1-18-11(15)10-8(5-9(12)19-10)20(16,17)14-7-3-2-4-13-6-7/h2-6,14H,1H3. The van der Waals surface area contributed by atoms with Crippen molar-refractivity contribution in [3.8, 4) is 0 Å². The first-order chi connectivity index (χ1) is 9.44. The highest BCUT2D eigenvalue weighted by atomic mass is 35.5. The van der Waals surface area contributed by atoms with E-state index in [1.807, 2.05) is 0 Å². The summed E-state index contributed by atoms with van der Waals surface area (Å²) >= 11 is 6.62. The molecule has 0 aliphatic carbocycles. The van der Waals surface area contributed by atoms with Crippen LogP contribution in [-0.4, -0.2) is 26.5 Å². The van der Waals surface area contributed by atoms with Crippen LogP contribution in [0.1, 0.15) is 9.67 Å². The Kier molecular flexibility index (Phi) is 4.26. The third-order valence-corrected chi connectivity index (χ3v) is 5.02. The first-order valence-corrected chi connectivity index (χ1v) is 7.92. The number of nitrogens with one attached hydrogen (secondary N) is 1. The number of methoxy groups -OCH3 is 1. The fraction of sp³-hybridized carbons (Fsp3) is 0.0909. The van der Waals surface area contributed by atoms with Crippen molar-refractivity contribution >= 4 is 44.6 Å². The molecule has 0 spiro atoms. The van der Waals surface area contributed by atoms with E-state index in [0.29, 0.717) is 0 Å². The van der Waals surface area contributed by atoms with Gasteiger partial charge in [-0.15, -0.1) is 11.3 Å². The maximum atomic E-state index is 12.3. The second-order valence-corrected chi connectivity index (χ2v) is 6.92. The van der Waals surface area contributed by atoms with E-state index in [1.54, 1.807) is 6.07 Å². The number of sulfonamides is 1. The normalized spacial score (nSPS) is 11.1. The molecular weight excluding hydrogens is 324 g/mol. The Morgan fingerprint density at radius 1 is 1.50 bits per heavy atom. The van der Waals surface area contributed by atoms with Gasteiger partial charge in [-0.3, -0.25) is 9.71 Å². The molecule has 0 aliphatic heterocycles. The van der Waals surface area contributed by atoms with Crippen LogP contribution in [0, 0.1) is 0 Å². The lowest BCUT2D eigenvalue weighted by molar-refractivity contribution is 0.0602. The highest BCUT2D eigenvalue weighted by molar-refractivity contribution is 7.93. The topological polar surface area (TPSA) is 85.4 Å². The van der Waals surface area contributed by atoms with Crippen LogP contribution in [0.5, 0.6) is 0 Å². The van der Waals surface area contributed by atoms with Crippen molar-refractivity contribution in [3.05, 3.63) is 39.8 Å². The summed E-state index contributed by atoms with van der Waals surface area (Å²) in [6.07, 6.45) is 2.86. The van der Waals surface area contributed by atoms with Crippen LogP contribution in [0.15, 0.2) is 35.5 Å². The first-order valence-electron chi connectivity index (χ1n) is 5.24.